The van der Waals surface area contributed by atoms with Crippen molar-refractivity contribution in [1.29, 1.82) is 0 Å². The first-order valence-electron chi connectivity index (χ1n) is 6.23. The molecule has 2 aromatic carbocycles. The lowest BCUT2D eigenvalue weighted by molar-refractivity contribution is 0.259. The third kappa shape index (κ3) is 2.34. The molecule has 0 fully saturated rings. The number of sulfonamides is 1. The summed E-state index contributed by atoms with van der Waals surface area (Å²) in [4.78, 5) is 12.3. The van der Waals surface area contributed by atoms with Gasteiger partial charge in [0.15, 0.2) is 0 Å². The largest absolute Gasteiger partial charge is 0.497 e. The molecule has 0 saturated carbocycles. The summed E-state index contributed by atoms with van der Waals surface area (Å²) in [5, 5.41) is 2.57. The summed E-state index contributed by atoms with van der Waals surface area (Å²) < 4.78 is 31.9. The van der Waals surface area contributed by atoms with Gasteiger partial charge in [-0.3, -0.25) is 0 Å². The van der Waals surface area contributed by atoms with E-state index < -0.39 is 16.1 Å². The van der Waals surface area contributed by atoms with Crippen molar-refractivity contribution in [3.8, 4) is 5.75 Å². The molecule has 2 amide bonds. The fourth-order valence-electron chi connectivity index (χ4n) is 2.19. The van der Waals surface area contributed by atoms with Crippen LogP contribution in [0.3, 0.4) is 0 Å². The maximum atomic E-state index is 12.7. The van der Waals surface area contributed by atoms with Crippen molar-refractivity contribution < 1.29 is 17.9 Å². The van der Waals surface area contributed by atoms with E-state index in [0.29, 0.717) is 10.2 Å². The number of fused-ring (bicyclic) bond motifs is 1. The summed E-state index contributed by atoms with van der Waals surface area (Å²) >= 11 is 3.27. The predicted molar refractivity (Wildman–Crippen MR) is 85.8 cm³/mol. The van der Waals surface area contributed by atoms with Gasteiger partial charge in [0.25, 0.3) is 10.0 Å². The predicted octanol–water partition coefficient (Wildman–Crippen LogP) is 3.20. The van der Waals surface area contributed by atoms with Crippen LogP contribution in [0.15, 0.2) is 51.8 Å². The Morgan fingerprint density at radius 2 is 1.95 bits per heavy atom. The number of carbonyl (C=O) groups is 1. The average Bonchev–Trinajstić information content (AvgIpc) is 2.46. The van der Waals surface area contributed by atoms with Crippen molar-refractivity contribution in [2.45, 2.75) is 4.90 Å². The fourth-order valence-corrected chi connectivity index (χ4v) is 4.06. The number of nitrogens with zero attached hydrogens (tertiary/aromatic N) is 1. The maximum Gasteiger partial charge on any atom is 0.340 e. The number of anilines is 2. The van der Waals surface area contributed by atoms with Gasteiger partial charge in [-0.25, -0.2) is 13.2 Å². The van der Waals surface area contributed by atoms with Crippen LogP contribution in [0.4, 0.5) is 16.2 Å². The van der Waals surface area contributed by atoms with Crippen LogP contribution in [-0.4, -0.2) is 21.6 Å². The van der Waals surface area contributed by atoms with Crippen LogP contribution in [0.1, 0.15) is 0 Å². The first-order chi connectivity index (χ1) is 10.4. The van der Waals surface area contributed by atoms with Gasteiger partial charge in [0.1, 0.15) is 10.6 Å². The van der Waals surface area contributed by atoms with E-state index in [9.17, 15) is 13.2 Å². The number of urea groups is 1. The highest BCUT2D eigenvalue weighted by atomic mass is 79.9. The molecule has 2 aromatic rings. The third-order valence-corrected chi connectivity index (χ3v) is 5.44. The second-order valence-corrected chi connectivity index (χ2v) is 7.21. The van der Waals surface area contributed by atoms with E-state index in [-0.39, 0.29) is 16.3 Å². The van der Waals surface area contributed by atoms with Crippen molar-refractivity contribution in [3.63, 3.8) is 0 Å². The molecule has 0 unspecified atom stereocenters. The van der Waals surface area contributed by atoms with Crippen molar-refractivity contribution >= 4 is 43.4 Å². The molecular formula is C14H11BrN2O4S. The van der Waals surface area contributed by atoms with E-state index in [1.807, 2.05) is 0 Å². The average molecular weight is 383 g/mol. The van der Waals surface area contributed by atoms with E-state index in [1.54, 1.807) is 24.3 Å². The van der Waals surface area contributed by atoms with Gasteiger partial charge in [-0.15, -0.1) is 0 Å². The van der Waals surface area contributed by atoms with Gasteiger partial charge in [0.2, 0.25) is 0 Å². The number of nitrogens with one attached hydrogen (secondary N) is 1. The van der Waals surface area contributed by atoms with Crippen LogP contribution in [0.5, 0.6) is 5.75 Å². The second-order valence-electron chi connectivity index (χ2n) is 4.54. The summed E-state index contributed by atoms with van der Waals surface area (Å²) in [5.74, 6) is 0.463. The number of amides is 2. The van der Waals surface area contributed by atoms with E-state index in [4.69, 9.17) is 4.74 Å². The molecule has 1 aliphatic rings. The molecular weight excluding hydrogens is 372 g/mol. The Kier molecular flexibility index (Phi) is 3.57. The standard InChI is InChI=1S/C14H11BrN2O4S/c1-21-11-5-6-13-12(8-11)16-14(18)17(22(13,19)20)10-4-2-3-9(15)7-10/h2-8H,1H3,(H,16,18). The molecule has 3 rings (SSSR count). The summed E-state index contributed by atoms with van der Waals surface area (Å²) in [6.07, 6.45) is 0. The Morgan fingerprint density at radius 1 is 1.18 bits per heavy atom. The number of rotatable bonds is 2. The van der Waals surface area contributed by atoms with Gasteiger partial charge >= 0.3 is 6.03 Å². The Balaban J connectivity index is 2.17. The number of hydrogen-bond acceptors (Lipinski definition) is 4. The zero-order chi connectivity index (χ0) is 15.9. The maximum absolute atomic E-state index is 12.7. The molecule has 1 N–H and O–H groups in total. The van der Waals surface area contributed by atoms with E-state index >= 15 is 0 Å². The molecule has 6 nitrogen and oxygen atoms in total. The smallest absolute Gasteiger partial charge is 0.340 e. The molecule has 0 spiro atoms. The van der Waals surface area contributed by atoms with Crippen molar-refractivity contribution in [3.05, 3.63) is 46.9 Å². The van der Waals surface area contributed by atoms with Crippen LogP contribution < -0.4 is 14.4 Å². The topological polar surface area (TPSA) is 75.7 Å². The Morgan fingerprint density at radius 3 is 2.64 bits per heavy atom. The highest BCUT2D eigenvalue weighted by Gasteiger charge is 2.38. The summed E-state index contributed by atoms with van der Waals surface area (Å²) in [5.41, 5.74) is 0.462. The van der Waals surface area contributed by atoms with Gasteiger partial charge in [0, 0.05) is 10.5 Å². The Labute approximate surface area is 135 Å². The monoisotopic (exact) mass is 382 g/mol. The van der Waals surface area contributed by atoms with Gasteiger partial charge in [0.05, 0.1) is 18.5 Å². The lowest BCUT2D eigenvalue weighted by atomic mass is 10.3. The van der Waals surface area contributed by atoms with Gasteiger partial charge in [-0.05, 0) is 30.3 Å². The van der Waals surface area contributed by atoms with Crippen molar-refractivity contribution in [2.75, 3.05) is 16.7 Å². The number of benzene rings is 2. The zero-order valence-electron chi connectivity index (χ0n) is 11.4. The first kappa shape index (κ1) is 14.9. The van der Waals surface area contributed by atoms with E-state index in [1.165, 1.54) is 25.3 Å². The van der Waals surface area contributed by atoms with Gasteiger partial charge < -0.3 is 10.1 Å². The fraction of sp³-hybridized carbons (Fsp3) is 0.0714. The number of carbonyl (C=O) groups excluding carboxylic acids is 1. The van der Waals surface area contributed by atoms with Crippen LogP contribution in [0.2, 0.25) is 0 Å². The molecule has 0 aromatic heterocycles. The molecule has 0 bridgehead atoms. The molecule has 22 heavy (non-hydrogen) atoms. The number of hydrogen-bond donors (Lipinski definition) is 1. The number of methoxy groups -OCH3 is 1. The van der Waals surface area contributed by atoms with Crippen LogP contribution in [0.25, 0.3) is 0 Å². The molecule has 1 heterocycles. The third-order valence-electron chi connectivity index (χ3n) is 3.17. The normalized spacial score (nSPS) is 15.9. The molecule has 0 radical (unpaired) electrons. The summed E-state index contributed by atoms with van der Waals surface area (Å²) in [7, 11) is -2.51. The molecule has 114 valence electrons. The SMILES string of the molecule is COc1ccc2c(c1)NC(=O)N(c1cccc(Br)c1)S2(=O)=O. The summed E-state index contributed by atoms with van der Waals surface area (Å²) in [6.45, 7) is 0. The first-order valence-corrected chi connectivity index (χ1v) is 8.47. The summed E-state index contributed by atoms with van der Waals surface area (Å²) in [6, 6.07) is 10.2. The Hall–Kier alpha value is -2.06. The molecule has 0 atom stereocenters. The van der Waals surface area contributed by atoms with Crippen LogP contribution in [-0.2, 0) is 10.0 Å². The molecule has 1 aliphatic heterocycles. The minimum atomic E-state index is -3.98. The highest BCUT2D eigenvalue weighted by Crippen LogP contribution is 2.36. The van der Waals surface area contributed by atoms with Crippen molar-refractivity contribution in [1.82, 2.24) is 0 Å². The lowest BCUT2D eigenvalue weighted by Gasteiger charge is -2.29. The number of halogens is 1. The van der Waals surface area contributed by atoms with Crippen LogP contribution in [0, 0.1) is 0 Å². The minimum absolute atomic E-state index is 0.0212. The quantitative estimate of drug-likeness (QED) is 0.864. The van der Waals surface area contributed by atoms with Gasteiger partial charge in [-0.1, -0.05) is 22.0 Å². The highest BCUT2D eigenvalue weighted by molar-refractivity contribution is 9.10. The van der Waals surface area contributed by atoms with Gasteiger partial charge in [-0.2, -0.15) is 4.31 Å². The second kappa shape index (κ2) is 5.29. The van der Waals surface area contributed by atoms with Crippen molar-refractivity contribution in [2.24, 2.45) is 0 Å². The Bertz CT molecular complexity index is 867. The molecule has 0 aliphatic carbocycles. The lowest BCUT2D eigenvalue weighted by Crippen LogP contribution is -2.44. The molecule has 8 heteroatoms. The van der Waals surface area contributed by atoms with E-state index in [2.05, 4.69) is 21.2 Å². The number of ether oxygens (including phenoxy) is 1. The zero-order valence-corrected chi connectivity index (χ0v) is 13.8. The minimum Gasteiger partial charge on any atom is -0.497 e. The van der Waals surface area contributed by atoms with E-state index in [0.717, 1.165) is 4.31 Å². The molecule has 0 saturated heterocycles. The van der Waals surface area contributed by atoms with Crippen LogP contribution >= 0.6 is 15.9 Å².